The summed E-state index contributed by atoms with van der Waals surface area (Å²) in [5, 5.41) is 3.01. The van der Waals surface area contributed by atoms with Gasteiger partial charge in [0.1, 0.15) is 0 Å². The normalized spacial score (nSPS) is 32.4. The van der Waals surface area contributed by atoms with Gasteiger partial charge >= 0.3 is 0 Å². The van der Waals surface area contributed by atoms with Crippen molar-refractivity contribution in [2.45, 2.75) is 63.8 Å². The summed E-state index contributed by atoms with van der Waals surface area (Å²) in [4.78, 5) is 0. The molecule has 18 heavy (non-hydrogen) atoms. The Hall–Kier alpha value is -0.130. The number of nitrogens with zero attached hydrogens (tertiary/aromatic N) is 1. The van der Waals surface area contributed by atoms with Gasteiger partial charge < -0.3 is 5.32 Å². The van der Waals surface area contributed by atoms with Crippen molar-refractivity contribution in [1.82, 2.24) is 9.62 Å². The molecule has 2 rings (SSSR count). The predicted molar refractivity (Wildman–Crippen MR) is 74.0 cm³/mol. The Morgan fingerprint density at radius 1 is 1.28 bits per heavy atom. The lowest BCUT2D eigenvalue weighted by atomic mass is 9.94. The van der Waals surface area contributed by atoms with Crippen LogP contribution in [0.25, 0.3) is 0 Å². The molecule has 106 valence electrons. The molecule has 2 aliphatic rings. The molecule has 1 N–H and O–H groups in total. The largest absolute Gasteiger partial charge is 0.313 e. The molecule has 0 aromatic rings. The molecule has 4 nitrogen and oxygen atoms in total. The lowest BCUT2D eigenvalue weighted by molar-refractivity contribution is 0.200. The van der Waals surface area contributed by atoms with E-state index in [1.54, 1.807) is 4.31 Å². The molecule has 0 amide bonds. The van der Waals surface area contributed by atoms with Gasteiger partial charge in [0.05, 0.1) is 5.25 Å². The zero-order valence-corrected chi connectivity index (χ0v) is 12.5. The maximum absolute atomic E-state index is 12.6. The van der Waals surface area contributed by atoms with E-state index in [4.69, 9.17) is 0 Å². The Balaban J connectivity index is 1.98. The third kappa shape index (κ3) is 3.06. The summed E-state index contributed by atoms with van der Waals surface area (Å²) in [6.07, 6.45) is 4.53. The highest BCUT2D eigenvalue weighted by Gasteiger charge is 2.37. The molecule has 2 fully saturated rings. The first-order valence-electron chi connectivity index (χ1n) is 7.17. The molecule has 0 spiro atoms. The van der Waals surface area contributed by atoms with Crippen LogP contribution < -0.4 is 5.32 Å². The molecule has 3 atom stereocenters. The zero-order valence-electron chi connectivity index (χ0n) is 11.7. The summed E-state index contributed by atoms with van der Waals surface area (Å²) in [5.74, 6) is 0.470. The summed E-state index contributed by atoms with van der Waals surface area (Å²) in [6, 6.07) is 0.715. The van der Waals surface area contributed by atoms with Crippen molar-refractivity contribution in [3.63, 3.8) is 0 Å². The van der Waals surface area contributed by atoms with Crippen LogP contribution in [0.4, 0.5) is 0 Å². The van der Waals surface area contributed by atoms with Crippen LogP contribution in [0.1, 0.15) is 46.5 Å². The third-order valence-corrected chi connectivity index (χ3v) is 6.77. The second kappa shape index (κ2) is 5.47. The van der Waals surface area contributed by atoms with Gasteiger partial charge in [0.15, 0.2) is 0 Å². The Morgan fingerprint density at radius 2 is 1.94 bits per heavy atom. The maximum atomic E-state index is 12.6. The quantitative estimate of drug-likeness (QED) is 0.828. The molecule has 1 saturated heterocycles. The van der Waals surface area contributed by atoms with E-state index in [-0.39, 0.29) is 11.3 Å². The first kappa shape index (κ1) is 14.3. The number of nitrogens with one attached hydrogen (secondary N) is 1. The SMILES string of the molecule is CC1CCCN(S(=O)(=O)C(C)CNC2CC2)C1C. The fourth-order valence-corrected chi connectivity index (χ4v) is 4.44. The van der Waals surface area contributed by atoms with E-state index in [9.17, 15) is 8.42 Å². The minimum Gasteiger partial charge on any atom is -0.313 e. The molecule has 0 aromatic heterocycles. The molecule has 5 heteroatoms. The Labute approximate surface area is 111 Å². The average Bonchev–Trinajstić information content (AvgIpc) is 3.13. The van der Waals surface area contributed by atoms with Crippen molar-refractivity contribution < 1.29 is 8.42 Å². The van der Waals surface area contributed by atoms with E-state index < -0.39 is 10.0 Å². The van der Waals surface area contributed by atoms with Crippen LogP contribution in [0.2, 0.25) is 0 Å². The zero-order chi connectivity index (χ0) is 13.3. The molecule has 1 aliphatic carbocycles. The van der Waals surface area contributed by atoms with E-state index in [0.717, 1.165) is 12.8 Å². The first-order chi connectivity index (χ1) is 8.43. The molecule has 0 bridgehead atoms. The number of piperidine rings is 1. The minimum absolute atomic E-state index is 0.145. The van der Waals surface area contributed by atoms with Gasteiger partial charge in [-0.3, -0.25) is 0 Å². The highest BCUT2D eigenvalue weighted by atomic mass is 32.2. The molecule has 1 heterocycles. The third-order valence-electron chi connectivity index (χ3n) is 4.42. The summed E-state index contributed by atoms with van der Waals surface area (Å²) in [5.41, 5.74) is 0. The molecule has 0 radical (unpaired) electrons. The van der Waals surface area contributed by atoms with Crippen LogP contribution >= 0.6 is 0 Å². The molecule has 1 saturated carbocycles. The maximum Gasteiger partial charge on any atom is 0.218 e. The fourth-order valence-electron chi connectivity index (χ4n) is 2.61. The average molecular weight is 274 g/mol. The van der Waals surface area contributed by atoms with Crippen LogP contribution in [0, 0.1) is 5.92 Å². The van der Waals surface area contributed by atoms with Crippen LogP contribution in [0.15, 0.2) is 0 Å². The fraction of sp³-hybridized carbons (Fsp3) is 1.00. The Bertz CT molecular complexity index is 378. The van der Waals surface area contributed by atoms with Crippen LogP contribution in [-0.2, 0) is 10.0 Å². The number of hydrogen-bond acceptors (Lipinski definition) is 3. The summed E-state index contributed by atoms with van der Waals surface area (Å²) in [6.45, 7) is 7.31. The standard InChI is InChI=1S/C13H26N2O2S/c1-10-5-4-8-15(12(10)3)18(16,17)11(2)9-14-13-6-7-13/h10-14H,4-9H2,1-3H3. The molecular weight excluding hydrogens is 248 g/mol. The number of rotatable bonds is 5. The van der Waals surface area contributed by atoms with Gasteiger partial charge in [-0.15, -0.1) is 0 Å². The van der Waals surface area contributed by atoms with E-state index in [1.165, 1.54) is 12.8 Å². The van der Waals surface area contributed by atoms with E-state index in [2.05, 4.69) is 12.2 Å². The summed E-state index contributed by atoms with van der Waals surface area (Å²) < 4.78 is 26.9. The van der Waals surface area contributed by atoms with Crippen LogP contribution in [0.5, 0.6) is 0 Å². The summed E-state index contributed by atoms with van der Waals surface area (Å²) in [7, 11) is -3.14. The second-order valence-electron chi connectivity index (χ2n) is 6.01. The van der Waals surface area contributed by atoms with Gasteiger partial charge in [-0.05, 0) is 45.4 Å². The van der Waals surface area contributed by atoms with E-state index in [0.29, 0.717) is 25.0 Å². The van der Waals surface area contributed by atoms with E-state index in [1.807, 2.05) is 13.8 Å². The highest BCUT2D eigenvalue weighted by Crippen LogP contribution is 2.27. The molecule has 3 unspecified atom stereocenters. The van der Waals surface area contributed by atoms with Gasteiger partial charge in [-0.2, -0.15) is 4.31 Å². The van der Waals surface area contributed by atoms with Crippen molar-refractivity contribution in [3.8, 4) is 0 Å². The van der Waals surface area contributed by atoms with Crippen molar-refractivity contribution in [2.24, 2.45) is 5.92 Å². The Morgan fingerprint density at radius 3 is 2.56 bits per heavy atom. The smallest absolute Gasteiger partial charge is 0.218 e. The molecular formula is C13H26N2O2S. The van der Waals surface area contributed by atoms with E-state index >= 15 is 0 Å². The first-order valence-corrected chi connectivity index (χ1v) is 8.67. The van der Waals surface area contributed by atoms with Gasteiger partial charge in [0.2, 0.25) is 10.0 Å². The topological polar surface area (TPSA) is 49.4 Å². The van der Waals surface area contributed by atoms with Crippen molar-refractivity contribution in [1.29, 1.82) is 0 Å². The van der Waals surface area contributed by atoms with Crippen molar-refractivity contribution >= 4 is 10.0 Å². The van der Waals surface area contributed by atoms with Gasteiger partial charge in [-0.25, -0.2) is 8.42 Å². The lowest BCUT2D eigenvalue weighted by Crippen LogP contribution is -2.50. The van der Waals surface area contributed by atoms with Crippen molar-refractivity contribution in [2.75, 3.05) is 13.1 Å². The van der Waals surface area contributed by atoms with Gasteiger partial charge in [-0.1, -0.05) is 6.92 Å². The molecule has 1 aliphatic heterocycles. The number of hydrogen-bond donors (Lipinski definition) is 1. The van der Waals surface area contributed by atoms with Gasteiger partial charge in [0, 0.05) is 25.2 Å². The highest BCUT2D eigenvalue weighted by molar-refractivity contribution is 7.89. The lowest BCUT2D eigenvalue weighted by Gasteiger charge is -2.38. The minimum atomic E-state index is -3.14. The predicted octanol–water partition coefficient (Wildman–Crippen LogP) is 1.58. The molecule has 0 aromatic carbocycles. The second-order valence-corrected chi connectivity index (χ2v) is 8.31. The monoisotopic (exact) mass is 274 g/mol. The van der Waals surface area contributed by atoms with Crippen LogP contribution in [0.3, 0.4) is 0 Å². The number of sulfonamides is 1. The Kier molecular flexibility index (Phi) is 4.34. The summed E-state index contributed by atoms with van der Waals surface area (Å²) >= 11 is 0. The van der Waals surface area contributed by atoms with Crippen LogP contribution in [-0.4, -0.2) is 43.1 Å². The van der Waals surface area contributed by atoms with Gasteiger partial charge in [0.25, 0.3) is 0 Å². The van der Waals surface area contributed by atoms with Crippen molar-refractivity contribution in [3.05, 3.63) is 0 Å².